The number of esters is 10. The van der Waals surface area contributed by atoms with E-state index >= 15 is 0 Å². The van der Waals surface area contributed by atoms with Crippen molar-refractivity contribution in [3.05, 3.63) is 203 Å². The molecule has 2 aliphatic rings. The molecule has 618 valence electrons. The van der Waals surface area contributed by atoms with Crippen LogP contribution in [-0.2, 0) is 89.2 Å². The molecule has 10 aromatic rings. The predicted molar refractivity (Wildman–Crippen MR) is 444 cm³/mol. The second-order valence-corrected chi connectivity index (χ2v) is 32.8. The molecule has 0 amide bonds. The Labute approximate surface area is 698 Å². The van der Waals surface area contributed by atoms with Gasteiger partial charge in [0, 0.05) is 46.6 Å². The van der Waals surface area contributed by atoms with Crippen LogP contribution in [0.2, 0.25) is 0 Å². The summed E-state index contributed by atoms with van der Waals surface area (Å²) in [5.74, 6) is -5.97. The zero-order chi connectivity index (χ0) is 85.0. The summed E-state index contributed by atoms with van der Waals surface area (Å²) in [5.41, 5.74) is 4.41. The third-order valence-corrected chi connectivity index (χ3v) is 22.6. The number of nitrogens with one attached hydrogen (secondary N) is 2. The van der Waals surface area contributed by atoms with Crippen LogP contribution in [0, 0.1) is 57.2 Å². The molecule has 12 rings (SSSR count). The predicted octanol–water partition coefficient (Wildman–Crippen LogP) is 14.5. The van der Waals surface area contributed by atoms with Crippen molar-refractivity contribution >= 4 is 125 Å². The summed E-state index contributed by atoms with van der Waals surface area (Å²) in [6.45, 7) is 13.9. The van der Waals surface area contributed by atoms with E-state index in [1.165, 1.54) is 22.7 Å². The van der Waals surface area contributed by atoms with Crippen LogP contribution in [0.1, 0.15) is 126 Å². The molecule has 0 aliphatic heterocycles. The van der Waals surface area contributed by atoms with E-state index < -0.39 is 94.2 Å². The number of hydrogen-bond donors (Lipinski definition) is 2. The van der Waals surface area contributed by atoms with Gasteiger partial charge < -0.3 is 57.3 Å². The lowest BCUT2D eigenvalue weighted by Crippen LogP contribution is -2.30. The fourth-order valence-corrected chi connectivity index (χ4v) is 15.7. The van der Waals surface area contributed by atoms with Crippen molar-refractivity contribution in [2.45, 2.75) is 118 Å². The molecule has 4 heterocycles. The number of nitrogens with zero attached hydrogens (tertiary/aromatic N) is 4. The van der Waals surface area contributed by atoms with Gasteiger partial charge in [0.1, 0.15) is 56.3 Å². The number of carbonyl (C=O) groups excluding carboxylic acids is 10. The normalized spacial score (nSPS) is 15.8. The molecule has 2 N–H and O–H groups in total. The molecule has 2 fully saturated rings. The van der Waals surface area contributed by atoms with Gasteiger partial charge in [0.25, 0.3) is 0 Å². The average molecular weight is 1660 g/mol. The average Bonchev–Trinajstić information content (AvgIpc) is 1.56. The minimum Gasteiger partial charge on any atom is -0.465 e. The first kappa shape index (κ1) is 86.2. The molecule has 2 saturated carbocycles. The molecule has 6 aromatic carbocycles. The van der Waals surface area contributed by atoms with E-state index in [2.05, 4.69) is 35.3 Å². The summed E-state index contributed by atoms with van der Waals surface area (Å²) in [7, 11) is 0. The number of fused-ring (bicyclic) bond motifs is 3. The topological polar surface area (TPSA) is 368 Å². The highest BCUT2D eigenvalue weighted by Gasteiger charge is 2.35. The van der Waals surface area contributed by atoms with Crippen molar-refractivity contribution in [1.82, 2.24) is 19.9 Å². The molecular weight excluding hydrogens is 1570 g/mol. The van der Waals surface area contributed by atoms with E-state index in [1.807, 2.05) is 48.5 Å². The van der Waals surface area contributed by atoms with Crippen LogP contribution < -0.4 is 29.6 Å². The SMILES string of the molecule is C=CC(=O)OCC(C)(C)COC(=O)CCC(=O)OCCc1ccc(OC(=O)C2CCC(C(=O)Oc3ccc(-c4[nH]/c(=C(/C#N)c5nc6ccccc6s5)c5c(-c6ccc(OC(=O)C7CCC(C(=O)Oc8ccc(CCOC(=O)CCC(=O)OCC(C)(C)COC(=O)C=C)cc8)CC7)cc6)[nH]/c(=C(/C#N)c6nc7ccccc7s6)c45)cc3)CC2)cc1. The van der Waals surface area contributed by atoms with Crippen molar-refractivity contribution in [1.29, 1.82) is 10.5 Å². The summed E-state index contributed by atoms with van der Waals surface area (Å²) in [6, 6.07) is 47.5. The lowest BCUT2D eigenvalue weighted by atomic mass is 9.82. The maximum atomic E-state index is 13.9. The molecule has 0 saturated heterocycles. The van der Waals surface area contributed by atoms with Crippen molar-refractivity contribution in [3.63, 3.8) is 0 Å². The van der Waals surface area contributed by atoms with Crippen LogP contribution in [0.3, 0.4) is 0 Å². The quantitative estimate of drug-likeness (QED) is 0.0164. The van der Waals surface area contributed by atoms with Crippen molar-refractivity contribution in [2.75, 3.05) is 39.6 Å². The van der Waals surface area contributed by atoms with Gasteiger partial charge in [-0.05, 0) is 171 Å². The number of para-hydroxylation sites is 2. The Morgan fingerprint density at radius 1 is 0.417 bits per heavy atom. The first-order valence-corrected chi connectivity index (χ1v) is 41.0. The Bertz CT molecular complexity index is 5310. The van der Waals surface area contributed by atoms with E-state index in [-0.39, 0.29) is 88.0 Å². The largest absolute Gasteiger partial charge is 0.465 e. The molecule has 28 heteroatoms. The van der Waals surface area contributed by atoms with Crippen LogP contribution in [-0.4, -0.2) is 119 Å². The zero-order valence-corrected chi connectivity index (χ0v) is 68.3. The number of aromatic amines is 2. The van der Waals surface area contributed by atoms with Gasteiger partial charge in [-0.2, -0.15) is 10.5 Å². The molecule has 4 aromatic heterocycles. The van der Waals surface area contributed by atoms with E-state index in [9.17, 15) is 58.5 Å². The second kappa shape index (κ2) is 39.8. The smallest absolute Gasteiger partial charge is 0.330 e. The summed E-state index contributed by atoms with van der Waals surface area (Å²) in [6.07, 6.45) is 5.19. The number of rotatable bonds is 34. The van der Waals surface area contributed by atoms with Gasteiger partial charge in [0.05, 0.1) is 132 Å². The Hall–Kier alpha value is -13.2. The Morgan fingerprint density at radius 3 is 1.01 bits per heavy atom. The van der Waals surface area contributed by atoms with Crippen molar-refractivity contribution in [2.24, 2.45) is 34.5 Å². The number of benzene rings is 6. The lowest BCUT2D eigenvalue weighted by Gasteiger charge is -2.25. The van der Waals surface area contributed by atoms with Gasteiger partial charge in [0.15, 0.2) is 0 Å². The van der Waals surface area contributed by atoms with Gasteiger partial charge in [0.2, 0.25) is 0 Å². The first-order chi connectivity index (χ1) is 57.8. The van der Waals surface area contributed by atoms with Crippen LogP contribution in [0.25, 0.3) is 64.9 Å². The fraction of sp³-hybridized carbons (Fsp3) is 0.326. The Kier molecular flexibility index (Phi) is 28.6. The highest BCUT2D eigenvalue weighted by Crippen LogP contribution is 2.39. The minimum absolute atomic E-state index is 0.0156. The van der Waals surface area contributed by atoms with Crippen molar-refractivity contribution < 1.29 is 95.3 Å². The number of carbonyl (C=O) groups is 10. The van der Waals surface area contributed by atoms with Crippen LogP contribution in [0.4, 0.5) is 0 Å². The highest BCUT2D eigenvalue weighted by atomic mass is 32.1. The number of aromatic nitrogens is 4. The number of nitriles is 2. The van der Waals surface area contributed by atoms with Crippen LogP contribution in [0.5, 0.6) is 23.0 Å². The molecule has 0 bridgehead atoms. The fourth-order valence-electron chi connectivity index (χ4n) is 13.7. The molecule has 0 spiro atoms. The van der Waals surface area contributed by atoms with Gasteiger partial charge in [-0.25, -0.2) is 19.6 Å². The third kappa shape index (κ3) is 22.8. The van der Waals surface area contributed by atoms with Gasteiger partial charge in [-0.15, -0.1) is 22.7 Å². The van der Waals surface area contributed by atoms with Crippen LogP contribution in [0.15, 0.2) is 171 Å². The van der Waals surface area contributed by atoms with E-state index in [0.717, 1.165) is 32.7 Å². The number of H-pyrrole nitrogens is 2. The third-order valence-electron chi connectivity index (χ3n) is 20.4. The molecule has 120 heavy (non-hydrogen) atoms. The lowest BCUT2D eigenvalue weighted by molar-refractivity contribution is -0.154. The Morgan fingerprint density at radius 2 is 0.708 bits per heavy atom. The zero-order valence-electron chi connectivity index (χ0n) is 66.6. The molecule has 0 radical (unpaired) electrons. The number of ether oxygens (including phenoxy) is 10. The van der Waals surface area contributed by atoms with Gasteiger partial charge in [-0.1, -0.05) is 89.4 Å². The van der Waals surface area contributed by atoms with E-state index in [1.54, 1.807) is 125 Å². The number of hydrogen-bond acceptors (Lipinski definition) is 26. The standard InChI is InChI=1S/C92H88N6O20S2/c1-7-73(99)111-51-91(3,4)53-113-77(103)43-41-75(101)109-47-45-55-17-33-63(34-18-55)115-87(105)59-21-25-61(26-22-59)89(107)117-65-37-29-57(30-38-65)81-79-80(84(97-81)68(50-94)86-96-70-14-10-12-16-72(70)120-86)82(98-83(79)67(49-93)85-95-69-13-9-11-15-71(69)119-85)58-31-39-66(40-32-58)118-90(108)62-27-23-60(24-28-62)88(106)116-64-35-19-56(20-36-64)46-48-110-76(102)42-44-78(104)114-54-92(5,6)52-112-74(100)8-2/h7-20,29-40,59-62,97-98H,1-2,21-28,41-48,51-54H2,3-6H3/b83-67-,84-68-. The molecule has 0 unspecified atom stereocenters. The van der Waals surface area contributed by atoms with Gasteiger partial charge in [-0.3, -0.25) is 38.4 Å². The number of thiazole rings is 2. The molecular formula is C92H88N6O20S2. The summed E-state index contributed by atoms with van der Waals surface area (Å²) < 4.78 is 56.6. The minimum atomic E-state index is -0.639. The summed E-state index contributed by atoms with van der Waals surface area (Å²) in [4.78, 5) is 144. The molecule has 2 aliphatic carbocycles. The second-order valence-electron chi connectivity index (χ2n) is 30.8. The summed E-state index contributed by atoms with van der Waals surface area (Å²) >= 11 is 2.70. The van der Waals surface area contributed by atoms with Crippen molar-refractivity contribution in [3.8, 4) is 57.7 Å². The maximum absolute atomic E-state index is 13.9. The molecule has 0 atom stereocenters. The monoisotopic (exact) mass is 1660 g/mol. The first-order valence-electron chi connectivity index (χ1n) is 39.3. The van der Waals surface area contributed by atoms with Crippen LogP contribution >= 0.6 is 22.7 Å². The summed E-state index contributed by atoms with van der Waals surface area (Å²) in [5, 5.41) is 25.4. The van der Waals surface area contributed by atoms with Gasteiger partial charge >= 0.3 is 59.7 Å². The maximum Gasteiger partial charge on any atom is 0.330 e. The highest BCUT2D eigenvalue weighted by molar-refractivity contribution is 7.20. The van der Waals surface area contributed by atoms with E-state index in [4.69, 9.17) is 57.3 Å². The van der Waals surface area contributed by atoms with E-state index in [0.29, 0.717) is 141 Å². The Balaban J connectivity index is 0.677. The molecule has 26 nitrogen and oxygen atoms in total.